The van der Waals surface area contributed by atoms with Crippen LogP contribution >= 0.6 is 0 Å². The highest BCUT2D eigenvalue weighted by molar-refractivity contribution is 5.89. The van der Waals surface area contributed by atoms with Crippen molar-refractivity contribution in [2.24, 2.45) is 0 Å². The number of carbonyl (C=O) groups is 1. The fraction of sp³-hybridized carbons (Fsp3) is 0.400. The smallest absolute Gasteiger partial charge is 0.321 e. The maximum atomic E-state index is 13.5. The highest BCUT2D eigenvalue weighted by Gasteiger charge is 2.50. The Morgan fingerprint density at radius 3 is 2.29 bits per heavy atom. The van der Waals surface area contributed by atoms with E-state index in [1.165, 1.54) is 5.56 Å². The van der Waals surface area contributed by atoms with Gasteiger partial charge in [0.25, 0.3) is 0 Å². The molecule has 7 heteroatoms. The molecule has 0 bridgehead atoms. The van der Waals surface area contributed by atoms with Gasteiger partial charge in [-0.25, -0.2) is 4.79 Å². The first-order valence-corrected chi connectivity index (χ1v) is 15.1. The largest absolute Gasteiger partial charge is 0.497 e. The van der Waals surface area contributed by atoms with Crippen molar-refractivity contribution in [1.82, 2.24) is 14.7 Å². The molecular formula is C35H40N4O3. The van der Waals surface area contributed by atoms with E-state index in [4.69, 9.17) is 9.47 Å². The van der Waals surface area contributed by atoms with Crippen molar-refractivity contribution in [2.75, 3.05) is 64.9 Å². The lowest BCUT2D eigenvalue weighted by molar-refractivity contribution is -0.0619. The van der Waals surface area contributed by atoms with Crippen LogP contribution in [0.4, 0.5) is 10.5 Å². The van der Waals surface area contributed by atoms with Crippen molar-refractivity contribution in [3.8, 4) is 17.6 Å². The Bertz CT molecular complexity index is 1380. The molecule has 42 heavy (non-hydrogen) atoms. The first-order valence-electron chi connectivity index (χ1n) is 15.1. The van der Waals surface area contributed by atoms with Crippen LogP contribution < -0.4 is 10.1 Å². The third-order valence-corrected chi connectivity index (χ3v) is 8.78. The SMILES string of the molecule is COc1ccc(NC(=O)N2CCCCN3[C@H](CN4CCOCC4)[C@H](c4ccc(C#Cc5ccccc5)cc4)[C@@H]3C2)cc1. The van der Waals surface area contributed by atoms with E-state index >= 15 is 0 Å². The van der Waals surface area contributed by atoms with E-state index in [1.54, 1.807) is 7.11 Å². The fourth-order valence-corrected chi connectivity index (χ4v) is 6.50. The van der Waals surface area contributed by atoms with Gasteiger partial charge in [-0.15, -0.1) is 0 Å². The Labute approximate surface area is 249 Å². The first-order chi connectivity index (χ1) is 20.7. The van der Waals surface area contributed by atoms with Gasteiger partial charge in [-0.3, -0.25) is 9.80 Å². The number of anilines is 1. The van der Waals surface area contributed by atoms with Gasteiger partial charge in [-0.1, -0.05) is 42.2 Å². The standard InChI is InChI=1S/C35H40N4O3/c1-41-31-17-15-30(16-18-31)36-35(40)38-19-5-6-20-39-32(25-37-21-23-42-24-22-37)34(33(39)26-38)29-13-11-28(12-14-29)10-9-27-7-3-2-4-8-27/h2-4,7-8,11-18,32-34H,5-6,19-26H2,1H3,(H,36,40)/t32-,33+,34+/m1/s1. The van der Waals surface area contributed by atoms with Gasteiger partial charge in [-0.2, -0.15) is 0 Å². The minimum atomic E-state index is -0.0380. The zero-order valence-electron chi connectivity index (χ0n) is 24.4. The Morgan fingerprint density at radius 2 is 1.57 bits per heavy atom. The highest BCUT2D eigenvalue weighted by Crippen LogP contribution is 2.42. The number of nitrogens with zero attached hydrogens (tertiary/aromatic N) is 3. The van der Waals surface area contributed by atoms with Crippen LogP contribution in [0.2, 0.25) is 0 Å². The Balaban J connectivity index is 1.21. The topological polar surface area (TPSA) is 57.3 Å². The van der Waals surface area contributed by atoms with Gasteiger partial charge < -0.3 is 19.7 Å². The molecule has 0 aliphatic carbocycles. The summed E-state index contributed by atoms with van der Waals surface area (Å²) < 4.78 is 10.9. The molecule has 2 amide bonds. The monoisotopic (exact) mass is 564 g/mol. The molecule has 3 fully saturated rings. The summed E-state index contributed by atoms with van der Waals surface area (Å²) in [7, 11) is 1.65. The Morgan fingerprint density at radius 1 is 0.881 bits per heavy atom. The number of methoxy groups -OCH3 is 1. The van der Waals surface area contributed by atoms with E-state index in [-0.39, 0.29) is 12.1 Å². The summed E-state index contributed by atoms with van der Waals surface area (Å²) in [4.78, 5) is 20.7. The summed E-state index contributed by atoms with van der Waals surface area (Å²) in [5.74, 6) is 7.71. The lowest BCUT2D eigenvalue weighted by atomic mass is 9.73. The third-order valence-electron chi connectivity index (χ3n) is 8.78. The number of nitrogens with one attached hydrogen (secondary N) is 1. The lowest BCUT2D eigenvalue weighted by Gasteiger charge is -2.58. The van der Waals surface area contributed by atoms with Crippen molar-refractivity contribution in [1.29, 1.82) is 0 Å². The van der Waals surface area contributed by atoms with Crippen molar-refractivity contribution in [2.45, 2.75) is 30.8 Å². The van der Waals surface area contributed by atoms with Crippen LogP contribution in [0.1, 0.15) is 35.4 Å². The molecule has 3 aromatic rings. The quantitative estimate of drug-likeness (QED) is 0.448. The van der Waals surface area contributed by atoms with Gasteiger partial charge >= 0.3 is 6.03 Å². The van der Waals surface area contributed by atoms with Gasteiger partial charge in [-0.05, 0) is 73.5 Å². The van der Waals surface area contributed by atoms with Crippen LogP contribution in [0.25, 0.3) is 0 Å². The predicted molar refractivity (Wildman–Crippen MR) is 166 cm³/mol. The first kappa shape index (κ1) is 28.3. The lowest BCUT2D eigenvalue weighted by Crippen LogP contribution is -2.69. The molecule has 0 saturated carbocycles. The molecule has 3 aromatic carbocycles. The average molecular weight is 565 g/mol. The molecule has 3 aliphatic rings. The summed E-state index contributed by atoms with van der Waals surface area (Å²) in [6, 6.07) is 27.1. The zero-order chi connectivity index (χ0) is 28.7. The van der Waals surface area contributed by atoms with Crippen LogP contribution in [-0.2, 0) is 4.74 Å². The van der Waals surface area contributed by atoms with E-state index in [2.05, 4.69) is 51.2 Å². The molecule has 218 valence electrons. The third kappa shape index (κ3) is 6.63. The van der Waals surface area contributed by atoms with E-state index in [9.17, 15) is 4.79 Å². The second kappa shape index (κ2) is 13.4. The fourth-order valence-electron chi connectivity index (χ4n) is 6.50. The molecule has 0 spiro atoms. The number of rotatable bonds is 5. The minimum absolute atomic E-state index is 0.0380. The summed E-state index contributed by atoms with van der Waals surface area (Å²) in [6.07, 6.45) is 2.09. The molecular weight excluding hydrogens is 524 g/mol. The number of carbonyl (C=O) groups excluding carboxylic acids is 1. The molecule has 7 nitrogen and oxygen atoms in total. The van der Waals surface area contributed by atoms with Crippen molar-refractivity contribution in [3.05, 3.63) is 95.6 Å². The molecule has 3 aliphatic heterocycles. The van der Waals surface area contributed by atoms with Crippen molar-refractivity contribution >= 4 is 11.7 Å². The molecule has 3 saturated heterocycles. The van der Waals surface area contributed by atoms with Crippen LogP contribution in [0, 0.1) is 11.8 Å². The Hall–Kier alpha value is -3.83. The number of urea groups is 1. The average Bonchev–Trinajstić information content (AvgIpc) is 3.02. The second-order valence-electron chi connectivity index (χ2n) is 11.4. The van der Waals surface area contributed by atoms with Gasteiger partial charge in [0, 0.05) is 67.5 Å². The van der Waals surface area contributed by atoms with Crippen molar-refractivity contribution < 1.29 is 14.3 Å². The molecule has 0 aromatic heterocycles. The zero-order valence-corrected chi connectivity index (χ0v) is 24.4. The number of fused-ring (bicyclic) bond motifs is 1. The Kier molecular flexibility index (Phi) is 9.05. The van der Waals surface area contributed by atoms with Gasteiger partial charge in [0.15, 0.2) is 0 Å². The highest BCUT2D eigenvalue weighted by atomic mass is 16.5. The van der Waals surface area contributed by atoms with E-state index in [0.29, 0.717) is 18.5 Å². The normalized spacial score (nSPS) is 22.9. The predicted octanol–water partition coefficient (Wildman–Crippen LogP) is 4.89. The number of ether oxygens (including phenoxy) is 2. The van der Waals surface area contributed by atoms with E-state index < -0.39 is 0 Å². The summed E-state index contributed by atoms with van der Waals surface area (Å²) in [5.41, 5.74) is 4.14. The maximum absolute atomic E-state index is 13.5. The molecule has 0 unspecified atom stereocenters. The second-order valence-corrected chi connectivity index (χ2v) is 11.4. The van der Waals surface area contributed by atoms with Gasteiger partial charge in [0.2, 0.25) is 0 Å². The number of benzene rings is 3. The van der Waals surface area contributed by atoms with E-state index in [1.807, 2.05) is 59.5 Å². The molecule has 1 N–H and O–H groups in total. The summed E-state index contributed by atoms with van der Waals surface area (Å²) in [6.45, 7) is 7.13. The number of amides is 2. The number of hydrogen-bond acceptors (Lipinski definition) is 5. The van der Waals surface area contributed by atoms with Crippen molar-refractivity contribution in [3.63, 3.8) is 0 Å². The van der Waals surface area contributed by atoms with E-state index in [0.717, 1.165) is 81.3 Å². The van der Waals surface area contributed by atoms with Crippen LogP contribution in [0.3, 0.4) is 0 Å². The molecule has 3 heterocycles. The van der Waals surface area contributed by atoms with Gasteiger partial charge in [0.05, 0.1) is 20.3 Å². The molecule has 0 radical (unpaired) electrons. The number of hydrogen-bond donors (Lipinski definition) is 1. The minimum Gasteiger partial charge on any atom is -0.497 e. The van der Waals surface area contributed by atoms with Crippen LogP contribution in [0.5, 0.6) is 5.75 Å². The summed E-state index contributed by atoms with van der Waals surface area (Å²) >= 11 is 0. The van der Waals surface area contributed by atoms with Gasteiger partial charge in [0.1, 0.15) is 5.75 Å². The number of morpholine rings is 1. The van der Waals surface area contributed by atoms with Crippen LogP contribution in [-0.4, -0.2) is 92.4 Å². The summed E-state index contributed by atoms with van der Waals surface area (Å²) in [5, 5.41) is 3.11. The molecule has 6 rings (SSSR count). The van der Waals surface area contributed by atoms with Crippen LogP contribution in [0.15, 0.2) is 78.9 Å². The maximum Gasteiger partial charge on any atom is 0.321 e. The molecule has 3 atom stereocenters.